The molecule has 0 unspecified atom stereocenters. The van der Waals surface area contributed by atoms with Crippen molar-refractivity contribution in [1.29, 1.82) is 0 Å². The summed E-state index contributed by atoms with van der Waals surface area (Å²) < 4.78 is 23.1. The van der Waals surface area contributed by atoms with Crippen molar-refractivity contribution in [2.75, 3.05) is 6.26 Å². The summed E-state index contributed by atoms with van der Waals surface area (Å²) in [5.41, 5.74) is 0.751. The van der Waals surface area contributed by atoms with Crippen LogP contribution in [0, 0.1) is 6.92 Å². The predicted octanol–water partition coefficient (Wildman–Crippen LogP) is -0.592. The maximum atomic E-state index is 11.1. The van der Waals surface area contributed by atoms with Gasteiger partial charge in [-0.25, -0.2) is 13.1 Å². The molecular formula is C6H9N3O3S. The third-order valence-corrected chi connectivity index (χ3v) is 1.77. The molecule has 0 radical (unpaired) electrons. The van der Waals surface area contributed by atoms with Crippen LogP contribution in [0.3, 0.4) is 0 Å². The van der Waals surface area contributed by atoms with Gasteiger partial charge in [-0.3, -0.25) is 9.89 Å². The maximum Gasteiger partial charge on any atom is 0.285 e. The number of amides is 1. The Hall–Kier alpha value is -1.37. The van der Waals surface area contributed by atoms with E-state index in [-0.39, 0.29) is 5.69 Å². The fraction of sp³-hybridized carbons (Fsp3) is 0.333. The molecule has 0 fully saturated rings. The van der Waals surface area contributed by atoms with Crippen molar-refractivity contribution in [3.63, 3.8) is 0 Å². The number of aromatic nitrogens is 2. The van der Waals surface area contributed by atoms with Crippen molar-refractivity contribution in [1.82, 2.24) is 14.9 Å². The smallest absolute Gasteiger partial charge is 0.282 e. The number of nitrogens with one attached hydrogen (secondary N) is 2. The number of rotatable bonds is 2. The Labute approximate surface area is 75.4 Å². The summed E-state index contributed by atoms with van der Waals surface area (Å²) in [6.45, 7) is 1.71. The quantitative estimate of drug-likeness (QED) is 0.671. The third kappa shape index (κ3) is 2.86. The van der Waals surface area contributed by atoms with Crippen molar-refractivity contribution >= 4 is 15.9 Å². The van der Waals surface area contributed by atoms with E-state index in [1.807, 2.05) is 0 Å². The molecule has 0 saturated heterocycles. The molecule has 0 aliphatic carbocycles. The van der Waals surface area contributed by atoms with E-state index in [4.69, 9.17) is 0 Å². The largest absolute Gasteiger partial charge is 0.285 e. The number of sulfonamides is 1. The lowest BCUT2D eigenvalue weighted by molar-refractivity contribution is 0.0977. The van der Waals surface area contributed by atoms with E-state index in [0.29, 0.717) is 5.69 Å². The number of aromatic amines is 1. The van der Waals surface area contributed by atoms with E-state index < -0.39 is 15.9 Å². The van der Waals surface area contributed by atoms with Gasteiger partial charge in [0.05, 0.1) is 6.26 Å². The summed E-state index contributed by atoms with van der Waals surface area (Å²) in [6.07, 6.45) is 0.907. The van der Waals surface area contributed by atoms with Crippen LogP contribution in [-0.2, 0) is 10.0 Å². The van der Waals surface area contributed by atoms with Crippen LogP contribution >= 0.6 is 0 Å². The van der Waals surface area contributed by atoms with Crippen molar-refractivity contribution in [3.8, 4) is 0 Å². The van der Waals surface area contributed by atoms with Crippen LogP contribution < -0.4 is 4.72 Å². The highest BCUT2D eigenvalue weighted by atomic mass is 32.2. The summed E-state index contributed by atoms with van der Waals surface area (Å²) in [4.78, 5) is 11.1. The van der Waals surface area contributed by atoms with E-state index in [2.05, 4.69) is 10.2 Å². The molecule has 0 aliphatic rings. The lowest BCUT2D eigenvalue weighted by Gasteiger charge is -1.97. The molecule has 0 spiro atoms. The molecule has 1 aromatic heterocycles. The highest BCUT2D eigenvalue weighted by molar-refractivity contribution is 7.89. The second-order valence-electron chi connectivity index (χ2n) is 2.64. The van der Waals surface area contributed by atoms with Crippen molar-refractivity contribution in [2.45, 2.75) is 6.92 Å². The van der Waals surface area contributed by atoms with E-state index >= 15 is 0 Å². The Balaban J connectivity index is 2.81. The van der Waals surface area contributed by atoms with Gasteiger partial charge in [0, 0.05) is 5.69 Å². The van der Waals surface area contributed by atoms with Gasteiger partial charge < -0.3 is 0 Å². The van der Waals surface area contributed by atoms with Gasteiger partial charge in [-0.1, -0.05) is 0 Å². The lowest BCUT2D eigenvalue weighted by Crippen LogP contribution is -2.29. The molecule has 0 aliphatic heterocycles. The van der Waals surface area contributed by atoms with Crippen LogP contribution in [0.1, 0.15) is 16.2 Å². The van der Waals surface area contributed by atoms with E-state index in [1.54, 1.807) is 11.6 Å². The summed E-state index contributed by atoms with van der Waals surface area (Å²) in [5.74, 6) is -0.730. The number of hydrogen-bond acceptors (Lipinski definition) is 4. The number of aryl methyl sites for hydroxylation is 1. The number of carbonyl (C=O) groups excluding carboxylic acids is 1. The molecule has 1 amide bonds. The monoisotopic (exact) mass is 203 g/mol. The Morgan fingerprint density at radius 1 is 1.62 bits per heavy atom. The zero-order chi connectivity index (χ0) is 10.1. The maximum absolute atomic E-state index is 11.1. The summed E-state index contributed by atoms with van der Waals surface area (Å²) in [6, 6.07) is 1.46. The standard InChI is InChI=1S/C6H9N3O3S/c1-4-3-5(8-7-4)6(10)9-13(2,11)12/h3H,1-2H3,(H,7,8)(H,9,10). The Kier molecular flexibility index (Phi) is 2.37. The van der Waals surface area contributed by atoms with E-state index in [1.165, 1.54) is 6.07 Å². The van der Waals surface area contributed by atoms with Gasteiger partial charge >= 0.3 is 0 Å². The third-order valence-electron chi connectivity index (χ3n) is 1.22. The molecule has 1 aromatic rings. The summed E-state index contributed by atoms with van der Waals surface area (Å²) >= 11 is 0. The average Bonchev–Trinajstić information content (AvgIpc) is 2.31. The molecule has 7 heteroatoms. The molecule has 6 nitrogen and oxygen atoms in total. The molecule has 72 valence electrons. The number of H-pyrrole nitrogens is 1. The summed E-state index contributed by atoms with van der Waals surface area (Å²) in [5, 5.41) is 6.13. The Bertz CT molecular complexity index is 420. The first-order chi connectivity index (χ1) is 5.88. The molecule has 0 bridgehead atoms. The van der Waals surface area contributed by atoms with Crippen molar-refractivity contribution in [3.05, 3.63) is 17.5 Å². The highest BCUT2D eigenvalue weighted by Gasteiger charge is 2.13. The van der Waals surface area contributed by atoms with Gasteiger partial charge in [0.2, 0.25) is 10.0 Å². The van der Waals surface area contributed by atoms with Gasteiger partial charge in [0.15, 0.2) is 5.69 Å². The first kappa shape index (κ1) is 9.72. The van der Waals surface area contributed by atoms with Gasteiger partial charge in [0.1, 0.15) is 0 Å². The fourth-order valence-electron chi connectivity index (χ4n) is 0.755. The molecule has 2 N–H and O–H groups in total. The minimum Gasteiger partial charge on any atom is -0.282 e. The van der Waals surface area contributed by atoms with Crippen LogP contribution in [0.5, 0.6) is 0 Å². The van der Waals surface area contributed by atoms with E-state index in [9.17, 15) is 13.2 Å². The molecule has 1 heterocycles. The Morgan fingerprint density at radius 3 is 2.62 bits per heavy atom. The minimum atomic E-state index is -3.52. The zero-order valence-electron chi connectivity index (χ0n) is 7.16. The first-order valence-electron chi connectivity index (χ1n) is 3.42. The predicted molar refractivity (Wildman–Crippen MR) is 45.6 cm³/mol. The van der Waals surface area contributed by atoms with Crippen LogP contribution in [-0.4, -0.2) is 30.8 Å². The average molecular weight is 203 g/mol. The van der Waals surface area contributed by atoms with E-state index in [0.717, 1.165) is 6.26 Å². The second-order valence-corrected chi connectivity index (χ2v) is 4.39. The molecular weight excluding hydrogens is 194 g/mol. The van der Waals surface area contributed by atoms with Crippen LogP contribution in [0.25, 0.3) is 0 Å². The molecule has 13 heavy (non-hydrogen) atoms. The van der Waals surface area contributed by atoms with Crippen LogP contribution in [0.2, 0.25) is 0 Å². The molecule has 0 atom stereocenters. The molecule has 0 aromatic carbocycles. The van der Waals surface area contributed by atoms with Gasteiger partial charge in [-0.15, -0.1) is 0 Å². The van der Waals surface area contributed by atoms with Crippen molar-refractivity contribution in [2.24, 2.45) is 0 Å². The second kappa shape index (κ2) is 3.17. The molecule has 0 saturated carbocycles. The first-order valence-corrected chi connectivity index (χ1v) is 5.32. The normalized spacial score (nSPS) is 11.2. The van der Waals surface area contributed by atoms with Gasteiger partial charge in [-0.05, 0) is 13.0 Å². The highest BCUT2D eigenvalue weighted by Crippen LogP contribution is 1.97. The Morgan fingerprint density at radius 2 is 2.23 bits per heavy atom. The topological polar surface area (TPSA) is 91.9 Å². The van der Waals surface area contributed by atoms with Crippen LogP contribution in [0.4, 0.5) is 0 Å². The SMILES string of the molecule is Cc1cc(C(=O)NS(C)(=O)=O)n[nH]1. The summed E-state index contributed by atoms with van der Waals surface area (Å²) in [7, 11) is -3.52. The van der Waals surface area contributed by atoms with Gasteiger partial charge in [0.25, 0.3) is 5.91 Å². The molecule has 1 rings (SSSR count). The number of nitrogens with zero attached hydrogens (tertiary/aromatic N) is 1. The number of hydrogen-bond donors (Lipinski definition) is 2. The number of carbonyl (C=O) groups is 1. The van der Waals surface area contributed by atoms with Crippen molar-refractivity contribution < 1.29 is 13.2 Å². The van der Waals surface area contributed by atoms with Gasteiger partial charge in [-0.2, -0.15) is 5.10 Å². The fourth-order valence-corrected chi connectivity index (χ4v) is 1.20. The lowest BCUT2D eigenvalue weighted by atomic mass is 10.4. The zero-order valence-corrected chi connectivity index (χ0v) is 7.97. The van der Waals surface area contributed by atoms with Crippen LogP contribution in [0.15, 0.2) is 6.07 Å². The minimum absolute atomic E-state index is 0.0583.